The van der Waals surface area contributed by atoms with E-state index in [0.717, 1.165) is 12.8 Å². The number of carbonyl (C=O) groups is 1. The van der Waals surface area contributed by atoms with E-state index in [1.165, 1.54) is 11.8 Å². The second kappa shape index (κ2) is 11.2. The van der Waals surface area contributed by atoms with Crippen molar-refractivity contribution in [2.75, 3.05) is 12.4 Å². The number of halogens is 5. The van der Waals surface area contributed by atoms with E-state index < -0.39 is 23.8 Å². The molecule has 0 aliphatic carbocycles. The van der Waals surface area contributed by atoms with Crippen molar-refractivity contribution in [1.82, 2.24) is 0 Å². The van der Waals surface area contributed by atoms with Gasteiger partial charge in [-0.3, -0.25) is 4.79 Å². The molecule has 8 heteroatoms. The van der Waals surface area contributed by atoms with Gasteiger partial charge in [-0.2, -0.15) is 22.0 Å². The van der Waals surface area contributed by atoms with E-state index in [9.17, 15) is 26.7 Å². The Morgan fingerprint density at radius 2 is 1.71 bits per heavy atom. The van der Waals surface area contributed by atoms with Crippen molar-refractivity contribution >= 4 is 17.7 Å². The summed E-state index contributed by atoms with van der Waals surface area (Å²) in [4.78, 5) is 12.0. The van der Waals surface area contributed by atoms with Gasteiger partial charge in [-0.25, -0.2) is 0 Å². The number of hydrogen-bond donors (Lipinski definition) is 0. The number of alkyl halides is 5. The van der Waals surface area contributed by atoms with E-state index in [-0.39, 0.29) is 24.7 Å². The molecule has 0 amide bonds. The molecule has 1 atom stereocenters. The molecule has 0 N–H and O–H groups in total. The van der Waals surface area contributed by atoms with Crippen LogP contribution >= 0.6 is 11.8 Å². The minimum absolute atomic E-state index is 0.202. The second-order valence-electron chi connectivity index (χ2n) is 6.17. The van der Waals surface area contributed by atoms with E-state index in [0.29, 0.717) is 18.8 Å². The molecule has 0 saturated heterocycles. The van der Waals surface area contributed by atoms with Crippen molar-refractivity contribution in [3.8, 4) is 0 Å². The standard InChI is InChI=1S/C16H27F5O2S/c1-4-5-9-23-14(22)13(11-12(2)3)24-10-7-6-8-15(17,18)16(19,20)21/h12-13H,4-11H2,1-3H3. The van der Waals surface area contributed by atoms with Gasteiger partial charge in [-0.1, -0.05) is 27.2 Å². The van der Waals surface area contributed by atoms with Gasteiger partial charge in [0.25, 0.3) is 0 Å². The van der Waals surface area contributed by atoms with Crippen LogP contribution in [0.5, 0.6) is 0 Å². The molecule has 0 fully saturated rings. The number of ether oxygens (including phenoxy) is 1. The van der Waals surface area contributed by atoms with Crippen LogP contribution in [0.4, 0.5) is 22.0 Å². The Kier molecular flexibility index (Phi) is 10.9. The van der Waals surface area contributed by atoms with Crippen molar-refractivity contribution in [2.24, 2.45) is 5.92 Å². The third-order valence-corrected chi connectivity index (χ3v) is 4.62. The average Bonchev–Trinajstić information content (AvgIpc) is 2.44. The number of unbranched alkanes of at least 4 members (excludes halogenated alkanes) is 2. The molecule has 2 nitrogen and oxygen atoms in total. The van der Waals surface area contributed by atoms with Crippen molar-refractivity contribution < 1.29 is 31.5 Å². The Hall–Kier alpha value is -0.530. The molecule has 0 spiro atoms. The van der Waals surface area contributed by atoms with Crippen LogP contribution in [-0.4, -0.2) is 35.7 Å². The number of thioether (sulfide) groups is 1. The van der Waals surface area contributed by atoms with Crippen LogP contribution in [0.2, 0.25) is 0 Å². The first-order valence-corrected chi connectivity index (χ1v) is 9.29. The summed E-state index contributed by atoms with van der Waals surface area (Å²) in [7, 11) is 0. The molecule has 0 aromatic carbocycles. The molecule has 0 aliphatic heterocycles. The first-order chi connectivity index (χ1) is 11.0. The lowest BCUT2D eigenvalue weighted by molar-refractivity contribution is -0.284. The first-order valence-electron chi connectivity index (χ1n) is 8.24. The van der Waals surface area contributed by atoms with Crippen LogP contribution in [0.3, 0.4) is 0 Å². The number of carbonyl (C=O) groups excluding carboxylic acids is 1. The van der Waals surface area contributed by atoms with Gasteiger partial charge in [0.1, 0.15) is 5.25 Å². The van der Waals surface area contributed by atoms with Gasteiger partial charge in [0.05, 0.1) is 6.61 Å². The normalized spacial score (nSPS) is 14.0. The lowest BCUT2D eigenvalue weighted by Crippen LogP contribution is -2.36. The fourth-order valence-corrected chi connectivity index (χ4v) is 3.27. The van der Waals surface area contributed by atoms with E-state index in [2.05, 4.69) is 0 Å². The third kappa shape index (κ3) is 9.69. The summed E-state index contributed by atoms with van der Waals surface area (Å²) < 4.78 is 66.9. The van der Waals surface area contributed by atoms with Crippen LogP contribution in [-0.2, 0) is 9.53 Å². The highest BCUT2D eigenvalue weighted by Gasteiger charge is 2.56. The maximum absolute atomic E-state index is 12.8. The molecule has 0 aliphatic rings. The zero-order valence-electron chi connectivity index (χ0n) is 14.4. The van der Waals surface area contributed by atoms with E-state index >= 15 is 0 Å². The third-order valence-electron chi connectivity index (χ3n) is 3.31. The summed E-state index contributed by atoms with van der Waals surface area (Å²) in [6.07, 6.45) is -4.48. The topological polar surface area (TPSA) is 26.3 Å². The molecule has 0 rings (SSSR count). The van der Waals surface area contributed by atoms with Gasteiger partial charge in [0.2, 0.25) is 0 Å². The molecule has 0 aromatic heterocycles. The minimum atomic E-state index is -5.50. The highest BCUT2D eigenvalue weighted by molar-refractivity contribution is 8.00. The van der Waals surface area contributed by atoms with Gasteiger partial charge in [0.15, 0.2) is 0 Å². The molecule has 0 bridgehead atoms. The van der Waals surface area contributed by atoms with Crippen LogP contribution < -0.4 is 0 Å². The Labute approximate surface area is 144 Å². The van der Waals surface area contributed by atoms with E-state index in [1.807, 2.05) is 20.8 Å². The molecule has 0 aromatic rings. The van der Waals surface area contributed by atoms with Gasteiger partial charge >= 0.3 is 18.1 Å². The molecule has 0 saturated carbocycles. The fraction of sp³-hybridized carbons (Fsp3) is 0.938. The maximum Gasteiger partial charge on any atom is 0.453 e. The van der Waals surface area contributed by atoms with Crippen molar-refractivity contribution in [2.45, 2.75) is 76.6 Å². The van der Waals surface area contributed by atoms with Gasteiger partial charge in [0, 0.05) is 6.42 Å². The molecule has 0 radical (unpaired) electrons. The predicted molar refractivity (Wildman–Crippen MR) is 86.4 cm³/mol. The molecule has 0 heterocycles. The first kappa shape index (κ1) is 23.5. The van der Waals surface area contributed by atoms with Crippen molar-refractivity contribution in [3.05, 3.63) is 0 Å². The molecule has 24 heavy (non-hydrogen) atoms. The van der Waals surface area contributed by atoms with Crippen LogP contribution in [0.1, 0.15) is 59.3 Å². The molecule has 1 unspecified atom stereocenters. The number of hydrogen-bond acceptors (Lipinski definition) is 3. The smallest absolute Gasteiger partial charge is 0.453 e. The second-order valence-corrected chi connectivity index (χ2v) is 7.48. The lowest BCUT2D eigenvalue weighted by Gasteiger charge is -2.20. The lowest BCUT2D eigenvalue weighted by atomic mass is 10.1. The van der Waals surface area contributed by atoms with Gasteiger partial charge in [-0.15, -0.1) is 11.8 Å². The molecular weight excluding hydrogens is 351 g/mol. The quantitative estimate of drug-likeness (QED) is 0.242. The van der Waals surface area contributed by atoms with Crippen molar-refractivity contribution in [1.29, 1.82) is 0 Å². The largest absolute Gasteiger partial charge is 0.465 e. The van der Waals surface area contributed by atoms with E-state index in [4.69, 9.17) is 4.74 Å². The minimum Gasteiger partial charge on any atom is -0.465 e. The zero-order valence-corrected chi connectivity index (χ0v) is 15.2. The van der Waals surface area contributed by atoms with Gasteiger partial charge in [-0.05, 0) is 37.4 Å². The number of rotatable bonds is 12. The summed E-state index contributed by atoms with van der Waals surface area (Å²) in [5, 5.41) is -0.398. The van der Waals surface area contributed by atoms with Crippen LogP contribution in [0.15, 0.2) is 0 Å². The molecular formula is C16H27F5O2S. The maximum atomic E-state index is 12.8. The summed E-state index contributed by atoms with van der Waals surface area (Å²) in [5.74, 6) is -4.36. The SMILES string of the molecule is CCCCOC(=O)C(CC(C)C)SCCCCC(F)(F)C(F)(F)F. The average molecular weight is 378 g/mol. The highest BCUT2D eigenvalue weighted by Crippen LogP contribution is 2.39. The Bertz CT molecular complexity index is 359. The number of esters is 1. The summed E-state index contributed by atoms with van der Waals surface area (Å²) in [6.45, 7) is 6.24. The molecule has 144 valence electrons. The van der Waals surface area contributed by atoms with Crippen LogP contribution in [0.25, 0.3) is 0 Å². The Morgan fingerprint density at radius 1 is 1.08 bits per heavy atom. The van der Waals surface area contributed by atoms with Crippen molar-refractivity contribution in [3.63, 3.8) is 0 Å². The van der Waals surface area contributed by atoms with Gasteiger partial charge < -0.3 is 4.74 Å². The highest BCUT2D eigenvalue weighted by atomic mass is 32.2. The zero-order chi connectivity index (χ0) is 18.8. The van der Waals surface area contributed by atoms with Crippen LogP contribution in [0, 0.1) is 5.92 Å². The summed E-state index contributed by atoms with van der Waals surface area (Å²) in [6, 6.07) is 0. The Balaban J connectivity index is 4.21. The summed E-state index contributed by atoms with van der Waals surface area (Å²) in [5.41, 5.74) is 0. The van der Waals surface area contributed by atoms with E-state index in [1.54, 1.807) is 0 Å². The Morgan fingerprint density at radius 3 is 2.21 bits per heavy atom. The summed E-state index contributed by atoms with van der Waals surface area (Å²) >= 11 is 1.27. The fourth-order valence-electron chi connectivity index (χ4n) is 1.89. The predicted octanol–water partition coefficient (Wildman–Crippen LogP) is 5.85. The monoisotopic (exact) mass is 378 g/mol.